The lowest BCUT2D eigenvalue weighted by molar-refractivity contribution is -0.137. The van der Waals surface area contributed by atoms with Gasteiger partial charge in [0.15, 0.2) is 6.10 Å². The Bertz CT molecular complexity index is 799. The van der Waals surface area contributed by atoms with E-state index in [2.05, 4.69) is 5.32 Å². The number of hydrogen-bond acceptors (Lipinski definition) is 2. The Morgan fingerprint density at radius 3 is 2.48 bits per heavy atom. The lowest BCUT2D eigenvalue weighted by atomic mass is 10.1. The van der Waals surface area contributed by atoms with E-state index >= 15 is 0 Å². The normalized spacial score (nSPS) is 12.6. The number of amides is 1. The molecule has 2 rings (SSSR count). The minimum Gasteiger partial charge on any atom is -0.479 e. The lowest BCUT2D eigenvalue weighted by Crippen LogP contribution is -2.31. The second kappa shape index (κ2) is 8.01. The second-order valence-corrected chi connectivity index (χ2v) is 7.10. The van der Waals surface area contributed by atoms with Crippen LogP contribution in [0.4, 0.5) is 18.9 Å². The maximum absolute atomic E-state index is 13.1. The van der Waals surface area contributed by atoms with Crippen LogP contribution in [0.2, 0.25) is 10.0 Å². The predicted molar refractivity (Wildman–Crippen MR) is 99.3 cm³/mol. The molecule has 0 spiro atoms. The third kappa shape index (κ3) is 5.39. The van der Waals surface area contributed by atoms with Gasteiger partial charge in [-0.1, -0.05) is 23.2 Å². The van der Waals surface area contributed by atoms with Gasteiger partial charge in [0, 0.05) is 8.59 Å². The number of benzene rings is 2. The van der Waals surface area contributed by atoms with Crippen molar-refractivity contribution in [2.24, 2.45) is 0 Å². The number of carbonyl (C=O) groups excluding carboxylic acids is 1. The Kier molecular flexibility index (Phi) is 6.45. The Balaban J connectivity index is 2.16. The highest BCUT2D eigenvalue weighted by Gasteiger charge is 2.34. The van der Waals surface area contributed by atoms with Gasteiger partial charge < -0.3 is 10.1 Å². The van der Waals surface area contributed by atoms with Gasteiger partial charge in [-0.2, -0.15) is 13.2 Å². The molecule has 3 nitrogen and oxygen atoms in total. The molecule has 1 N–H and O–H groups in total. The summed E-state index contributed by atoms with van der Waals surface area (Å²) in [7, 11) is 0. The second-order valence-electron chi connectivity index (χ2n) is 5.01. The summed E-state index contributed by atoms with van der Waals surface area (Å²) in [6.45, 7) is 1.40. The van der Waals surface area contributed by atoms with Crippen LogP contribution in [0.5, 0.6) is 5.75 Å². The first-order valence-corrected chi connectivity index (χ1v) is 8.70. The molecule has 0 aliphatic rings. The molecule has 9 heteroatoms. The van der Waals surface area contributed by atoms with Crippen LogP contribution in [0.3, 0.4) is 0 Å². The number of ether oxygens (including phenoxy) is 1. The van der Waals surface area contributed by atoms with E-state index in [-0.39, 0.29) is 16.5 Å². The van der Waals surface area contributed by atoms with E-state index in [9.17, 15) is 18.0 Å². The van der Waals surface area contributed by atoms with Crippen LogP contribution in [-0.4, -0.2) is 12.0 Å². The maximum atomic E-state index is 13.1. The highest BCUT2D eigenvalue weighted by Crippen LogP contribution is 2.36. The van der Waals surface area contributed by atoms with E-state index in [1.54, 1.807) is 22.6 Å². The van der Waals surface area contributed by atoms with Crippen LogP contribution in [0.25, 0.3) is 0 Å². The van der Waals surface area contributed by atoms with Crippen molar-refractivity contribution in [1.82, 2.24) is 0 Å². The van der Waals surface area contributed by atoms with Crippen LogP contribution in [0, 0.1) is 3.57 Å². The third-order valence-electron chi connectivity index (χ3n) is 3.11. The van der Waals surface area contributed by atoms with E-state index < -0.39 is 23.8 Å². The molecule has 2 aromatic rings. The maximum Gasteiger partial charge on any atom is 0.418 e. The Hall–Kier alpha value is -1.19. The number of alkyl halides is 3. The molecule has 134 valence electrons. The van der Waals surface area contributed by atoms with Crippen molar-refractivity contribution < 1.29 is 22.7 Å². The molecule has 0 fully saturated rings. The molecule has 0 bridgehead atoms. The fourth-order valence-corrected chi connectivity index (χ4v) is 2.85. The summed E-state index contributed by atoms with van der Waals surface area (Å²) in [6, 6.07) is 8.05. The largest absolute Gasteiger partial charge is 0.479 e. The van der Waals surface area contributed by atoms with Crippen molar-refractivity contribution in [3.63, 3.8) is 0 Å². The molecule has 0 heterocycles. The Morgan fingerprint density at radius 2 is 1.88 bits per heavy atom. The van der Waals surface area contributed by atoms with Gasteiger partial charge in [-0.25, -0.2) is 0 Å². The van der Waals surface area contributed by atoms with Crippen molar-refractivity contribution in [2.45, 2.75) is 19.2 Å². The summed E-state index contributed by atoms with van der Waals surface area (Å²) in [6.07, 6.45) is -5.66. The van der Waals surface area contributed by atoms with Crippen LogP contribution in [-0.2, 0) is 11.0 Å². The first-order valence-electron chi connectivity index (χ1n) is 6.87. The minimum absolute atomic E-state index is 0.192. The first kappa shape index (κ1) is 20.1. The van der Waals surface area contributed by atoms with Crippen molar-refractivity contribution in [3.05, 3.63) is 55.6 Å². The fraction of sp³-hybridized carbons (Fsp3) is 0.188. The molecule has 25 heavy (non-hydrogen) atoms. The van der Waals surface area contributed by atoms with Crippen molar-refractivity contribution in [2.75, 3.05) is 5.32 Å². The number of rotatable bonds is 4. The standard InChI is InChI=1S/C16H11Cl2F3INO2/c1-8(25-14-5-2-9(17)6-12(14)18)15(24)23-13-4-3-10(22)7-11(13)16(19,20)21/h2-8H,1H3,(H,23,24). The topological polar surface area (TPSA) is 38.3 Å². The van der Waals surface area contributed by atoms with Gasteiger partial charge in [-0.15, -0.1) is 0 Å². The summed E-state index contributed by atoms with van der Waals surface area (Å²) >= 11 is 13.5. The number of nitrogens with one attached hydrogen (secondary N) is 1. The Labute approximate surface area is 165 Å². The van der Waals surface area contributed by atoms with Gasteiger partial charge in [0.25, 0.3) is 5.91 Å². The van der Waals surface area contributed by atoms with E-state index in [0.29, 0.717) is 8.59 Å². The average molecular weight is 504 g/mol. The van der Waals surface area contributed by atoms with Gasteiger partial charge in [0.05, 0.1) is 16.3 Å². The zero-order valence-corrected chi connectivity index (χ0v) is 16.3. The SMILES string of the molecule is CC(Oc1ccc(Cl)cc1Cl)C(=O)Nc1ccc(I)cc1C(F)(F)F. The van der Waals surface area contributed by atoms with Gasteiger partial charge in [0.1, 0.15) is 5.75 Å². The van der Waals surface area contributed by atoms with E-state index in [1.807, 2.05) is 0 Å². The van der Waals surface area contributed by atoms with Gasteiger partial charge in [-0.05, 0) is 65.9 Å². The predicted octanol–water partition coefficient (Wildman–Crippen LogP) is 6.02. The molecule has 0 aliphatic carbocycles. The molecule has 0 radical (unpaired) electrons. The molecule has 2 aromatic carbocycles. The summed E-state index contributed by atoms with van der Waals surface area (Å²) in [5, 5.41) is 2.82. The molecular formula is C16H11Cl2F3INO2. The number of anilines is 1. The monoisotopic (exact) mass is 503 g/mol. The van der Waals surface area contributed by atoms with Crippen molar-refractivity contribution in [3.8, 4) is 5.75 Å². The minimum atomic E-state index is -4.59. The van der Waals surface area contributed by atoms with Crippen LogP contribution < -0.4 is 10.1 Å². The molecule has 0 saturated carbocycles. The number of halogens is 6. The molecular weight excluding hydrogens is 493 g/mol. The summed E-state index contributed by atoms with van der Waals surface area (Å²) in [5.41, 5.74) is -1.26. The van der Waals surface area contributed by atoms with Crippen LogP contribution in [0.15, 0.2) is 36.4 Å². The molecule has 0 aliphatic heterocycles. The molecule has 0 aromatic heterocycles. The first-order chi connectivity index (χ1) is 11.6. The van der Waals surface area contributed by atoms with Gasteiger partial charge >= 0.3 is 6.18 Å². The Morgan fingerprint density at radius 1 is 1.20 bits per heavy atom. The molecule has 1 unspecified atom stereocenters. The van der Waals surface area contributed by atoms with Crippen molar-refractivity contribution in [1.29, 1.82) is 0 Å². The smallest absolute Gasteiger partial charge is 0.418 e. The van der Waals surface area contributed by atoms with E-state index in [4.69, 9.17) is 27.9 Å². The zero-order valence-electron chi connectivity index (χ0n) is 12.6. The fourth-order valence-electron chi connectivity index (χ4n) is 1.91. The van der Waals surface area contributed by atoms with Crippen LogP contribution >= 0.6 is 45.8 Å². The highest BCUT2D eigenvalue weighted by atomic mass is 127. The number of carbonyl (C=O) groups is 1. The van der Waals surface area contributed by atoms with Crippen LogP contribution in [0.1, 0.15) is 12.5 Å². The highest BCUT2D eigenvalue weighted by molar-refractivity contribution is 14.1. The molecule has 1 atom stereocenters. The van der Waals surface area contributed by atoms with E-state index in [0.717, 1.165) is 6.07 Å². The van der Waals surface area contributed by atoms with E-state index in [1.165, 1.54) is 37.3 Å². The number of hydrogen-bond donors (Lipinski definition) is 1. The lowest BCUT2D eigenvalue weighted by Gasteiger charge is -2.18. The summed E-state index contributed by atoms with van der Waals surface area (Å²) in [4.78, 5) is 12.2. The molecule has 0 saturated heterocycles. The summed E-state index contributed by atoms with van der Waals surface area (Å²) in [5.74, 6) is -0.537. The average Bonchev–Trinajstić information content (AvgIpc) is 2.50. The third-order valence-corrected chi connectivity index (χ3v) is 4.31. The quantitative estimate of drug-likeness (QED) is 0.518. The van der Waals surface area contributed by atoms with Gasteiger partial charge in [0.2, 0.25) is 0 Å². The van der Waals surface area contributed by atoms with Crippen molar-refractivity contribution >= 4 is 57.4 Å². The zero-order chi connectivity index (χ0) is 18.8. The van der Waals surface area contributed by atoms with Gasteiger partial charge in [-0.3, -0.25) is 4.79 Å². The summed E-state index contributed by atoms with van der Waals surface area (Å²) < 4.78 is 45.1. The molecule has 1 amide bonds.